The summed E-state index contributed by atoms with van der Waals surface area (Å²) >= 11 is 1.49. The zero-order valence-electron chi connectivity index (χ0n) is 11.1. The van der Waals surface area contributed by atoms with E-state index < -0.39 is 17.4 Å². The van der Waals surface area contributed by atoms with E-state index in [4.69, 9.17) is 5.11 Å². The highest BCUT2D eigenvalue weighted by Gasteiger charge is 2.27. The number of anilines is 1. The average molecular weight is 293 g/mol. The van der Waals surface area contributed by atoms with Gasteiger partial charge in [0.1, 0.15) is 0 Å². The summed E-state index contributed by atoms with van der Waals surface area (Å²) in [5.74, 6) is -0.955. The van der Waals surface area contributed by atoms with E-state index in [1.165, 1.54) is 11.3 Å². The molecule has 0 atom stereocenters. The van der Waals surface area contributed by atoms with Gasteiger partial charge in [0, 0.05) is 12.2 Å². The van der Waals surface area contributed by atoms with Gasteiger partial charge < -0.3 is 15.7 Å². The van der Waals surface area contributed by atoms with Crippen LogP contribution in [0.5, 0.6) is 0 Å². The average Bonchev–Trinajstić information content (AvgIpc) is 2.83. The number of nitrogens with zero attached hydrogens (tertiary/aromatic N) is 1. The van der Waals surface area contributed by atoms with Gasteiger partial charge in [-0.25, -0.2) is 9.78 Å². The summed E-state index contributed by atoms with van der Waals surface area (Å²) in [6, 6.07) is 4.98. The van der Waals surface area contributed by atoms with Gasteiger partial charge in [-0.1, -0.05) is 0 Å². The van der Waals surface area contributed by atoms with Gasteiger partial charge in [-0.15, -0.1) is 11.3 Å². The van der Waals surface area contributed by atoms with Crippen molar-refractivity contribution in [2.75, 3.05) is 11.9 Å². The van der Waals surface area contributed by atoms with Crippen LogP contribution in [0.4, 0.5) is 10.5 Å². The van der Waals surface area contributed by atoms with Gasteiger partial charge >= 0.3 is 12.0 Å². The molecule has 0 saturated heterocycles. The molecule has 6 nitrogen and oxygen atoms in total. The van der Waals surface area contributed by atoms with E-state index in [1.807, 2.05) is 12.1 Å². The topological polar surface area (TPSA) is 91.3 Å². The zero-order valence-corrected chi connectivity index (χ0v) is 12.0. The number of carboxylic acid groups (broad SMARTS) is 1. The summed E-state index contributed by atoms with van der Waals surface area (Å²) in [6.45, 7) is 3.16. The first kappa shape index (κ1) is 14.3. The van der Waals surface area contributed by atoms with Gasteiger partial charge in [0.2, 0.25) is 0 Å². The van der Waals surface area contributed by atoms with Crippen LogP contribution in [0.2, 0.25) is 0 Å². The molecule has 1 aromatic heterocycles. The third-order valence-electron chi connectivity index (χ3n) is 2.86. The number of fused-ring (bicyclic) bond motifs is 1. The molecular weight excluding hydrogens is 278 g/mol. The minimum Gasteiger partial charge on any atom is -0.481 e. The van der Waals surface area contributed by atoms with Crippen LogP contribution in [0.25, 0.3) is 10.2 Å². The molecule has 20 heavy (non-hydrogen) atoms. The van der Waals surface area contributed by atoms with Gasteiger partial charge in [0.25, 0.3) is 0 Å². The van der Waals surface area contributed by atoms with Crippen LogP contribution in [-0.4, -0.2) is 28.6 Å². The third-order valence-corrected chi connectivity index (χ3v) is 3.65. The highest BCUT2D eigenvalue weighted by molar-refractivity contribution is 7.16. The quantitative estimate of drug-likeness (QED) is 0.807. The number of hydrogen-bond acceptors (Lipinski definition) is 4. The van der Waals surface area contributed by atoms with Crippen LogP contribution in [-0.2, 0) is 4.79 Å². The fourth-order valence-corrected chi connectivity index (χ4v) is 2.20. The molecule has 2 aromatic rings. The van der Waals surface area contributed by atoms with Crippen LogP contribution < -0.4 is 10.6 Å². The van der Waals surface area contributed by atoms with Crippen LogP contribution in [0, 0.1) is 5.41 Å². The van der Waals surface area contributed by atoms with Crippen molar-refractivity contribution in [1.29, 1.82) is 0 Å². The lowest BCUT2D eigenvalue weighted by Gasteiger charge is -2.19. The summed E-state index contributed by atoms with van der Waals surface area (Å²) in [6.07, 6.45) is 0. The smallest absolute Gasteiger partial charge is 0.319 e. The lowest BCUT2D eigenvalue weighted by Crippen LogP contribution is -2.40. The van der Waals surface area contributed by atoms with Crippen LogP contribution >= 0.6 is 11.3 Å². The maximum atomic E-state index is 11.7. The SMILES string of the molecule is CC(C)(CNC(=O)Nc1ccc2ncsc2c1)C(=O)O. The third kappa shape index (κ3) is 3.24. The molecule has 0 spiro atoms. The number of benzene rings is 1. The molecule has 3 N–H and O–H groups in total. The minimum absolute atomic E-state index is 0.0525. The van der Waals surface area contributed by atoms with E-state index in [2.05, 4.69) is 15.6 Å². The Morgan fingerprint density at radius 2 is 2.15 bits per heavy atom. The number of aliphatic carboxylic acids is 1. The van der Waals surface area contributed by atoms with Gasteiger partial charge in [-0.2, -0.15) is 0 Å². The van der Waals surface area contributed by atoms with Crippen LogP contribution in [0.1, 0.15) is 13.8 Å². The Morgan fingerprint density at radius 1 is 1.40 bits per heavy atom. The Labute approximate surface area is 119 Å². The molecule has 7 heteroatoms. The molecule has 0 aliphatic heterocycles. The summed E-state index contributed by atoms with van der Waals surface area (Å²) in [5, 5.41) is 14.2. The molecule has 0 aliphatic carbocycles. The first-order valence-corrected chi connectivity index (χ1v) is 6.88. The molecule has 0 saturated carbocycles. The number of carbonyl (C=O) groups is 2. The maximum Gasteiger partial charge on any atom is 0.319 e. The molecule has 0 aliphatic rings. The number of amides is 2. The second-order valence-corrected chi connectivity index (χ2v) is 5.92. The Balaban J connectivity index is 1.96. The molecule has 1 aromatic carbocycles. The van der Waals surface area contributed by atoms with Gasteiger partial charge in [0.15, 0.2) is 0 Å². The van der Waals surface area contributed by atoms with Crippen molar-refractivity contribution in [3.8, 4) is 0 Å². The molecule has 0 unspecified atom stereocenters. The number of carboxylic acids is 1. The largest absolute Gasteiger partial charge is 0.481 e. The summed E-state index contributed by atoms with van der Waals surface area (Å²) in [7, 11) is 0. The Hall–Kier alpha value is -2.15. The Kier molecular flexibility index (Phi) is 3.89. The second kappa shape index (κ2) is 5.46. The predicted molar refractivity (Wildman–Crippen MR) is 78.1 cm³/mol. The first-order chi connectivity index (χ1) is 9.38. The van der Waals surface area contributed by atoms with E-state index in [0.717, 1.165) is 10.2 Å². The van der Waals surface area contributed by atoms with Crippen molar-refractivity contribution in [3.05, 3.63) is 23.7 Å². The standard InChI is InChI=1S/C13H15N3O3S/c1-13(2,11(17)18)6-14-12(19)16-8-3-4-9-10(5-8)20-7-15-9/h3-5,7H,6H2,1-2H3,(H,17,18)(H2,14,16,19). The van der Waals surface area contributed by atoms with E-state index in [9.17, 15) is 9.59 Å². The van der Waals surface area contributed by atoms with Crippen molar-refractivity contribution in [2.45, 2.75) is 13.8 Å². The number of carbonyl (C=O) groups excluding carboxylic acids is 1. The number of hydrogen-bond donors (Lipinski definition) is 3. The van der Waals surface area contributed by atoms with Crippen molar-refractivity contribution in [3.63, 3.8) is 0 Å². The van der Waals surface area contributed by atoms with Crippen molar-refractivity contribution in [2.24, 2.45) is 5.41 Å². The molecule has 2 rings (SSSR count). The number of aromatic nitrogens is 1. The summed E-state index contributed by atoms with van der Waals surface area (Å²) in [5.41, 5.74) is 2.27. The summed E-state index contributed by atoms with van der Waals surface area (Å²) in [4.78, 5) is 26.8. The van der Waals surface area contributed by atoms with E-state index in [1.54, 1.807) is 25.4 Å². The van der Waals surface area contributed by atoms with Crippen molar-refractivity contribution >= 4 is 39.2 Å². The number of nitrogens with one attached hydrogen (secondary N) is 2. The van der Waals surface area contributed by atoms with Crippen LogP contribution in [0.15, 0.2) is 23.7 Å². The Morgan fingerprint density at radius 3 is 2.85 bits per heavy atom. The van der Waals surface area contributed by atoms with E-state index in [0.29, 0.717) is 5.69 Å². The molecule has 2 amide bonds. The molecule has 106 valence electrons. The molecule has 0 bridgehead atoms. The fourth-order valence-electron chi connectivity index (χ4n) is 1.48. The van der Waals surface area contributed by atoms with Crippen LogP contribution in [0.3, 0.4) is 0 Å². The molecule has 1 heterocycles. The lowest BCUT2D eigenvalue weighted by molar-refractivity contribution is -0.146. The normalized spacial score (nSPS) is 11.3. The van der Waals surface area contributed by atoms with Gasteiger partial charge in [0.05, 0.1) is 21.1 Å². The molecular formula is C13H15N3O3S. The fraction of sp³-hybridized carbons (Fsp3) is 0.308. The van der Waals surface area contributed by atoms with Gasteiger partial charge in [-0.3, -0.25) is 4.79 Å². The van der Waals surface area contributed by atoms with E-state index in [-0.39, 0.29) is 6.54 Å². The summed E-state index contributed by atoms with van der Waals surface area (Å²) < 4.78 is 0.980. The monoisotopic (exact) mass is 293 g/mol. The second-order valence-electron chi connectivity index (χ2n) is 5.03. The lowest BCUT2D eigenvalue weighted by atomic mass is 9.94. The van der Waals surface area contributed by atoms with Gasteiger partial charge in [-0.05, 0) is 32.0 Å². The first-order valence-electron chi connectivity index (χ1n) is 6.00. The maximum absolute atomic E-state index is 11.7. The Bertz CT molecular complexity index is 651. The van der Waals surface area contributed by atoms with Crippen molar-refractivity contribution in [1.82, 2.24) is 10.3 Å². The highest BCUT2D eigenvalue weighted by Crippen LogP contribution is 2.21. The van der Waals surface area contributed by atoms with E-state index >= 15 is 0 Å². The number of thiazole rings is 1. The number of rotatable bonds is 4. The highest BCUT2D eigenvalue weighted by atomic mass is 32.1. The molecule has 0 fully saturated rings. The predicted octanol–water partition coefficient (Wildman–Crippen LogP) is 2.53. The number of urea groups is 1. The zero-order chi connectivity index (χ0) is 14.8. The minimum atomic E-state index is -1.00. The molecule has 0 radical (unpaired) electrons. The van der Waals surface area contributed by atoms with Crippen molar-refractivity contribution < 1.29 is 14.7 Å².